The van der Waals surface area contributed by atoms with E-state index in [-0.39, 0.29) is 18.4 Å². The monoisotopic (exact) mass is 277 g/mol. The number of amides is 1. The Labute approximate surface area is 120 Å². The molecule has 1 amide bonds. The van der Waals surface area contributed by atoms with Crippen molar-refractivity contribution in [3.05, 3.63) is 35.9 Å². The third kappa shape index (κ3) is 5.05. The molecular weight excluding hydrogens is 254 g/mol. The highest BCUT2D eigenvalue weighted by Gasteiger charge is 2.09. The molecule has 20 heavy (non-hydrogen) atoms. The van der Waals surface area contributed by atoms with Gasteiger partial charge in [-0.25, -0.2) is 0 Å². The fraction of sp³-hybridized carbons (Fsp3) is 0.438. The van der Waals surface area contributed by atoms with E-state index in [0.717, 1.165) is 16.9 Å². The minimum atomic E-state index is -0.520. The van der Waals surface area contributed by atoms with Crippen molar-refractivity contribution in [1.82, 2.24) is 5.32 Å². The maximum Gasteiger partial charge on any atom is 0.244 e. The lowest BCUT2D eigenvalue weighted by molar-refractivity contribution is -0.117. The average molecular weight is 277 g/mol. The Kier molecular flexibility index (Phi) is 6.25. The summed E-state index contributed by atoms with van der Waals surface area (Å²) in [6, 6.07) is 7.52. The van der Waals surface area contributed by atoms with Crippen LogP contribution in [0.3, 0.4) is 0 Å². The molecule has 0 fully saturated rings. The smallest absolute Gasteiger partial charge is 0.244 e. The number of hydrogen-bond acceptors (Lipinski definition) is 3. The molecule has 4 nitrogen and oxygen atoms in total. The van der Waals surface area contributed by atoms with Gasteiger partial charge in [-0.1, -0.05) is 26.0 Å². The van der Waals surface area contributed by atoms with E-state index in [1.807, 2.05) is 45.0 Å². The summed E-state index contributed by atoms with van der Waals surface area (Å²) in [4.78, 5) is 11.8. The van der Waals surface area contributed by atoms with Crippen LogP contribution < -0.4 is 10.1 Å². The summed E-state index contributed by atoms with van der Waals surface area (Å²) in [6.45, 7) is 5.97. The van der Waals surface area contributed by atoms with Gasteiger partial charge in [-0.05, 0) is 36.1 Å². The van der Waals surface area contributed by atoms with E-state index in [1.54, 1.807) is 7.11 Å². The molecule has 1 rings (SSSR count). The van der Waals surface area contributed by atoms with Crippen LogP contribution in [0.15, 0.2) is 30.3 Å². The van der Waals surface area contributed by atoms with Crippen molar-refractivity contribution in [3.63, 3.8) is 0 Å². The van der Waals surface area contributed by atoms with Gasteiger partial charge in [-0.15, -0.1) is 0 Å². The van der Waals surface area contributed by atoms with Crippen LogP contribution in [0.1, 0.15) is 26.3 Å². The first-order valence-electron chi connectivity index (χ1n) is 6.72. The number of allylic oxidation sites excluding steroid dienone is 1. The highest BCUT2D eigenvalue weighted by atomic mass is 16.5. The van der Waals surface area contributed by atoms with E-state index >= 15 is 0 Å². The number of rotatable bonds is 6. The van der Waals surface area contributed by atoms with Gasteiger partial charge in [0.15, 0.2) is 0 Å². The van der Waals surface area contributed by atoms with Gasteiger partial charge >= 0.3 is 0 Å². The first-order chi connectivity index (χ1) is 9.43. The van der Waals surface area contributed by atoms with Gasteiger partial charge in [0.25, 0.3) is 0 Å². The third-order valence-electron chi connectivity index (χ3n) is 3.15. The quantitative estimate of drug-likeness (QED) is 0.784. The Morgan fingerprint density at radius 1 is 1.35 bits per heavy atom. The minimum absolute atomic E-state index is 0.127. The van der Waals surface area contributed by atoms with E-state index in [2.05, 4.69) is 5.32 Å². The summed E-state index contributed by atoms with van der Waals surface area (Å²) >= 11 is 0. The Hall–Kier alpha value is -1.81. The topological polar surface area (TPSA) is 58.6 Å². The molecule has 1 unspecified atom stereocenters. The van der Waals surface area contributed by atoms with Crippen LogP contribution in [0.5, 0.6) is 5.75 Å². The van der Waals surface area contributed by atoms with Gasteiger partial charge in [0, 0.05) is 12.6 Å². The first-order valence-corrected chi connectivity index (χ1v) is 6.72. The van der Waals surface area contributed by atoms with Crippen molar-refractivity contribution in [2.45, 2.75) is 26.9 Å². The number of carbonyl (C=O) groups excluding carboxylic acids is 1. The number of methoxy groups -OCH3 is 1. The molecule has 0 saturated carbocycles. The highest BCUT2D eigenvalue weighted by molar-refractivity contribution is 5.94. The summed E-state index contributed by atoms with van der Waals surface area (Å²) in [5.41, 5.74) is 1.83. The normalized spacial score (nSPS) is 13.2. The summed E-state index contributed by atoms with van der Waals surface area (Å²) in [7, 11) is 1.62. The highest BCUT2D eigenvalue weighted by Crippen LogP contribution is 2.17. The minimum Gasteiger partial charge on any atom is -0.497 e. The number of ether oxygens (including phenoxy) is 1. The number of hydrogen-bond donors (Lipinski definition) is 2. The summed E-state index contributed by atoms with van der Waals surface area (Å²) in [5.74, 6) is 0.714. The van der Waals surface area contributed by atoms with Crippen LogP contribution >= 0.6 is 0 Å². The van der Waals surface area contributed by atoms with Crippen LogP contribution in [-0.2, 0) is 4.79 Å². The molecule has 0 aliphatic carbocycles. The molecule has 0 aliphatic heterocycles. The maximum absolute atomic E-state index is 11.8. The molecule has 1 atom stereocenters. The van der Waals surface area contributed by atoms with Crippen LogP contribution in [-0.4, -0.2) is 30.8 Å². The summed E-state index contributed by atoms with van der Waals surface area (Å²) in [5, 5.41) is 12.3. The molecule has 0 spiro atoms. The lowest BCUT2D eigenvalue weighted by atomic mass is 10.1. The maximum atomic E-state index is 11.8. The molecule has 0 heterocycles. The number of nitrogens with one attached hydrogen (secondary N) is 1. The zero-order chi connectivity index (χ0) is 15.1. The van der Waals surface area contributed by atoms with Gasteiger partial charge in [0.05, 0.1) is 13.2 Å². The van der Waals surface area contributed by atoms with Crippen LogP contribution in [0.2, 0.25) is 0 Å². The van der Waals surface area contributed by atoms with Crippen molar-refractivity contribution in [3.8, 4) is 5.75 Å². The number of aliphatic hydroxyl groups is 1. The Bertz CT molecular complexity index is 463. The van der Waals surface area contributed by atoms with Crippen molar-refractivity contribution < 1.29 is 14.6 Å². The predicted octanol–water partition coefficient (Wildman–Crippen LogP) is 2.23. The SMILES string of the molecule is COc1ccc(/C(C)=C/C(=O)NCC(O)C(C)C)cc1. The fourth-order valence-electron chi connectivity index (χ4n) is 1.63. The largest absolute Gasteiger partial charge is 0.497 e. The molecule has 0 bridgehead atoms. The molecule has 4 heteroatoms. The van der Waals surface area contributed by atoms with Gasteiger partial charge < -0.3 is 15.2 Å². The zero-order valence-corrected chi connectivity index (χ0v) is 12.5. The molecule has 0 saturated heterocycles. The van der Waals surface area contributed by atoms with Crippen molar-refractivity contribution in [2.24, 2.45) is 5.92 Å². The number of carbonyl (C=O) groups is 1. The summed E-state index contributed by atoms with van der Waals surface area (Å²) in [6.07, 6.45) is 1.02. The number of benzene rings is 1. The molecule has 2 N–H and O–H groups in total. The lowest BCUT2D eigenvalue weighted by Crippen LogP contribution is -2.33. The third-order valence-corrected chi connectivity index (χ3v) is 3.15. The lowest BCUT2D eigenvalue weighted by Gasteiger charge is -2.14. The molecule has 1 aromatic carbocycles. The zero-order valence-electron chi connectivity index (χ0n) is 12.5. The van der Waals surface area contributed by atoms with Crippen LogP contribution in [0.4, 0.5) is 0 Å². The van der Waals surface area contributed by atoms with Crippen molar-refractivity contribution >= 4 is 11.5 Å². The van der Waals surface area contributed by atoms with Crippen LogP contribution in [0, 0.1) is 5.92 Å². The van der Waals surface area contributed by atoms with E-state index in [4.69, 9.17) is 4.74 Å². The Morgan fingerprint density at radius 2 is 1.95 bits per heavy atom. The second kappa shape index (κ2) is 7.70. The first kappa shape index (κ1) is 16.2. The molecule has 0 radical (unpaired) electrons. The van der Waals surface area contributed by atoms with E-state index in [0.29, 0.717) is 0 Å². The van der Waals surface area contributed by atoms with Crippen molar-refractivity contribution in [2.75, 3.05) is 13.7 Å². The van der Waals surface area contributed by atoms with E-state index in [1.165, 1.54) is 6.08 Å². The van der Waals surface area contributed by atoms with E-state index in [9.17, 15) is 9.90 Å². The molecular formula is C16H23NO3. The van der Waals surface area contributed by atoms with Gasteiger partial charge in [-0.3, -0.25) is 4.79 Å². The number of aliphatic hydroxyl groups excluding tert-OH is 1. The molecule has 1 aromatic rings. The van der Waals surface area contributed by atoms with E-state index < -0.39 is 6.10 Å². The van der Waals surface area contributed by atoms with Gasteiger partial charge in [0.2, 0.25) is 5.91 Å². The molecule has 0 aliphatic rings. The van der Waals surface area contributed by atoms with Gasteiger partial charge in [0.1, 0.15) is 5.75 Å². The molecule has 0 aromatic heterocycles. The Morgan fingerprint density at radius 3 is 2.45 bits per heavy atom. The van der Waals surface area contributed by atoms with Gasteiger partial charge in [-0.2, -0.15) is 0 Å². The molecule has 110 valence electrons. The summed E-state index contributed by atoms with van der Waals surface area (Å²) < 4.78 is 5.09. The Balaban J connectivity index is 2.60. The standard InChI is InChI=1S/C16H23NO3/c1-11(2)15(18)10-17-16(19)9-12(3)13-5-7-14(20-4)8-6-13/h5-9,11,15,18H,10H2,1-4H3,(H,17,19)/b12-9+. The second-order valence-electron chi connectivity index (χ2n) is 5.11. The predicted molar refractivity (Wildman–Crippen MR) is 80.5 cm³/mol. The van der Waals surface area contributed by atoms with Crippen molar-refractivity contribution in [1.29, 1.82) is 0 Å². The second-order valence-corrected chi connectivity index (χ2v) is 5.11. The average Bonchev–Trinajstić information content (AvgIpc) is 2.44. The fourth-order valence-corrected chi connectivity index (χ4v) is 1.63. The van der Waals surface area contributed by atoms with Crippen LogP contribution in [0.25, 0.3) is 5.57 Å².